The number of halogens is 1. The van der Waals surface area contributed by atoms with Crippen LogP contribution in [0.2, 0.25) is 5.02 Å². The molecule has 0 bridgehead atoms. The zero-order valence-electron chi connectivity index (χ0n) is 11.1. The number of rotatable bonds is 5. The molecule has 0 saturated carbocycles. The average molecular weight is 311 g/mol. The maximum absolute atomic E-state index is 10.7. The minimum atomic E-state index is -0.471. The molecule has 1 rings (SSSR count). The number of nitrogens with zero attached hydrogens (tertiary/aromatic N) is 1. The third kappa shape index (κ3) is 8.66. The first-order chi connectivity index (χ1) is 9.15. The molecule has 1 aromatic rings. The Morgan fingerprint density at radius 3 is 2.53 bits per heavy atom. The van der Waals surface area contributed by atoms with Crippen molar-refractivity contribution in [1.82, 2.24) is 0 Å². The molecule has 2 N–H and O–H groups in total. The van der Waals surface area contributed by atoms with Crippen LogP contribution in [-0.2, 0) is 4.74 Å². The highest BCUT2D eigenvalue weighted by Gasteiger charge is 2.13. The predicted octanol–water partition coefficient (Wildman–Crippen LogP) is 3.72. The summed E-state index contributed by atoms with van der Waals surface area (Å²) in [5.74, 6) is 0. The lowest BCUT2D eigenvalue weighted by Crippen LogP contribution is -2.09. The Hall–Kier alpha value is -1.02. The third-order valence-electron chi connectivity index (χ3n) is 1.78. The molecule has 0 saturated heterocycles. The molecular formula is C11H19ClN2O4S. The van der Waals surface area contributed by atoms with Gasteiger partial charge in [-0.3, -0.25) is 10.1 Å². The van der Waals surface area contributed by atoms with Crippen molar-refractivity contribution in [3.63, 3.8) is 0 Å². The fourth-order valence-electron chi connectivity index (χ4n) is 1.09. The van der Waals surface area contributed by atoms with Crippen LogP contribution in [0.15, 0.2) is 18.2 Å². The fourth-order valence-corrected chi connectivity index (χ4v) is 1.26. The van der Waals surface area contributed by atoms with E-state index in [-0.39, 0.29) is 5.69 Å². The Morgan fingerprint density at radius 2 is 2.05 bits per heavy atom. The third-order valence-corrected chi connectivity index (χ3v) is 2.01. The number of ether oxygens (including phenoxy) is 1. The second-order valence-electron chi connectivity index (χ2n) is 2.84. The maximum Gasteiger partial charge on any atom is 0.293 e. The first kappa shape index (κ1) is 20.3. The molecular weight excluding hydrogens is 292 g/mol. The Bertz CT molecular complexity index is 367. The van der Waals surface area contributed by atoms with Gasteiger partial charge in [0.1, 0.15) is 5.69 Å². The van der Waals surface area contributed by atoms with E-state index in [9.17, 15) is 10.1 Å². The van der Waals surface area contributed by atoms with Gasteiger partial charge in [0.2, 0.25) is 0 Å². The van der Waals surface area contributed by atoms with Gasteiger partial charge in [-0.15, -0.1) is 0 Å². The van der Waals surface area contributed by atoms with Crippen molar-refractivity contribution in [2.75, 3.05) is 25.6 Å². The highest BCUT2D eigenvalue weighted by molar-refractivity contribution is 7.74. The van der Waals surface area contributed by atoms with Crippen molar-refractivity contribution in [2.24, 2.45) is 0 Å². The molecule has 0 fully saturated rings. The lowest BCUT2D eigenvalue weighted by atomic mass is 10.2. The van der Waals surface area contributed by atoms with Gasteiger partial charge in [0, 0.05) is 24.7 Å². The molecule has 0 unspecified atom stereocenters. The number of anilines is 1. The molecule has 0 aromatic heterocycles. The van der Waals surface area contributed by atoms with Crippen LogP contribution in [-0.4, -0.2) is 29.7 Å². The van der Waals surface area contributed by atoms with Gasteiger partial charge in [-0.05, 0) is 25.0 Å². The monoisotopic (exact) mass is 310 g/mol. The molecule has 0 aliphatic heterocycles. The van der Waals surface area contributed by atoms with Crippen LogP contribution in [0.25, 0.3) is 0 Å². The summed E-state index contributed by atoms with van der Waals surface area (Å²) in [5, 5.41) is 13.9. The number of nitro benzene ring substituents is 1. The highest BCUT2D eigenvalue weighted by atomic mass is 35.5. The van der Waals surface area contributed by atoms with Crippen LogP contribution >= 0.6 is 24.5 Å². The van der Waals surface area contributed by atoms with Gasteiger partial charge in [0.05, 0.1) is 11.5 Å². The molecule has 0 heterocycles. The zero-order chi connectivity index (χ0) is 15.3. The maximum atomic E-state index is 10.7. The van der Waals surface area contributed by atoms with Crippen molar-refractivity contribution in [3.05, 3.63) is 33.3 Å². The summed E-state index contributed by atoms with van der Waals surface area (Å²) >= 11 is 8.19. The second kappa shape index (κ2) is 13.4. The molecule has 0 aliphatic rings. The Labute approximate surface area is 123 Å². The van der Waals surface area contributed by atoms with Crippen molar-refractivity contribution in [2.45, 2.75) is 13.8 Å². The number of thiol groups is 1. The van der Waals surface area contributed by atoms with Crippen molar-refractivity contribution in [1.29, 1.82) is 0 Å². The Morgan fingerprint density at radius 1 is 1.47 bits per heavy atom. The second-order valence-corrected chi connectivity index (χ2v) is 3.27. The first-order valence-corrected chi connectivity index (χ1v) is 6.29. The first-order valence-electron chi connectivity index (χ1n) is 5.52. The van der Waals surface area contributed by atoms with Gasteiger partial charge >= 0.3 is 0 Å². The number of nitro groups is 1. The summed E-state index contributed by atoms with van der Waals surface area (Å²) in [6.45, 7) is 5.00. The topological polar surface area (TPSA) is 84.6 Å². The molecule has 0 spiro atoms. The number of methoxy groups -OCH3 is 1. The summed E-state index contributed by atoms with van der Waals surface area (Å²) in [5.41, 5.74) is 0.417. The normalized spacial score (nSPS) is 8.53. The fraction of sp³-hybridized carbons (Fsp3) is 0.455. The van der Waals surface area contributed by atoms with Gasteiger partial charge in [0.25, 0.3) is 5.69 Å². The summed E-state index contributed by atoms with van der Waals surface area (Å²) in [4.78, 5) is 10.2. The van der Waals surface area contributed by atoms with Crippen LogP contribution in [0.3, 0.4) is 0 Å². The van der Waals surface area contributed by atoms with E-state index >= 15 is 0 Å². The predicted molar refractivity (Wildman–Crippen MR) is 81.4 cm³/mol. The quantitative estimate of drug-likeness (QED) is 0.254. The lowest BCUT2D eigenvalue weighted by molar-refractivity contribution is -0.383. The van der Waals surface area contributed by atoms with E-state index in [1.807, 2.05) is 13.8 Å². The van der Waals surface area contributed by atoms with E-state index in [4.69, 9.17) is 20.9 Å². The van der Waals surface area contributed by atoms with Crippen molar-refractivity contribution < 1.29 is 14.2 Å². The average Bonchev–Trinajstić information content (AvgIpc) is 2.45. The minimum absolute atomic E-state index is 0.0291. The van der Waals surface area contributed by atoms with Crippen molar-refractivity contribution >= 4 is 35.9 Å². The van der Waals surface area contributed by atoms with Crippen LogP contribution in [0.4, 0.5) is 11.4 Å². The number of nitrogens with one attached hydrogen (secondary N) is 1. The summed E-state index contributed by atoms with van der Waals surface area (Å²) in [6.07, 6.45) is 0. The molecule has 8 heteroatoms. The van der Waals surface area contributed by atoms with Gasteiger partial charge < -0.3 is 14.6 Å². The van der Waals surface area contributed by atoms with E-state index in [1.165, 1.54) is 6.07 Å². The van der Waals surface area contributed by atoms with Crippen LogP contribution in [0, 0.1) is 10.1 Å². The summed E-state index contributed by atoms with van der Waals surface area (Å²) in [7, 11) is 1.57. The minimum Gasteiger partial charge on any atom is -0.383 e. The van der Waals surface area contributed by atoms with E-state index < -0.39 is 4.92 Å². The molecule has 0 atom stereocenters. The number of hydrogen-bond donors (Lipinski definition) is 3. The van der Waals surface area contributed by atoms with Gasteiger partial charge in [-0.2, -0.15) is 0 Å². The van der Waals surface area contributed by atoms with E-state index in [1.54, 1.807) is 19.2 Å². The van der Waals surface area contributed by atoms with Crippen LogP contribution in [0.1, 0.15) is 13.8 Å². The molecule has 0 aliphatic carbocycles. The van der Waals surface area contributed by atoms with Crippen molar-refractivity contribution in [3.8, 4) is 0 Å². The van der Waals surface area contributed by atoms with E-state index in [0.29, 0.717) is 23.9 Å². The highest BCUT2D eigenvalue weighted by Crippen LogP contribution is 2.27. The number of benzene rings is 1. The Balaban J connectivity index is 0. The molecule has 1 aromatic carbocycles. The standard InChI is InChI=1S/C9H11ClN2O3.C2H6.H2OS/c1-15-5-4-11-8-3-2-7(10)6-9(8)12(13)14;2*1-2/h2-3,6,11H,4-5H2,1H3;1-2H3;1-2H. The summed E-state index contributed by atoms with van der Waals surface area (Å²) in [6, 6.07) is 4.50. The smallest absolute Gasteiger partial charge is 0.293 e. The molecule has 0 radical (unpaired) electrons. The molecule has 0 amide bonds. The molecule has 110 valence electrons. The molecule has 19 heavy (non-hydrogen) atoms. The van der Waals surface area contributed by atoms with E-state index in [0.717, 1.165) is 0 Å². The number of hydrogen-bond acceptors (Lipinski definition) is 6. The van der Waals surface area contributed by atoms with Gasteiger partial charge in [-0.25, -0.2) is 0 Å². The largest absolute Gasteiger partial charge is 0.383 e. The SMILES string of the molecule is CC.COCCNc1ccc(Cl)cc1[N+](=O)[O-].OS. The van der Waals surface area contributed by atoms with Crippen LogP contribution in [0.5, 0.6) is 0 Å². The van der Waals surface area contributed by atoms with E-state index in [2.05, 4.69) is 18.2 Å². The summed E-state index contributed by atoms with van der Waals surface area (Å²) < 4.78 is 11.5. The molecule has 6 nitrogen and oxygen atoms in total. The lowest BCUT2D eigenvalue weighted by Gasteiger charge is -2.06. The van der Waals surface area contributed by atoms with Gasteiger partial charge in [0.15, 0.2) is 0 Å². The Kier molecular flexibility index (Phi) is 14.3. The zero-order valence-corrected chi connectivity index (χ0v) is 12.7. The van der Waals surface area contributed by atoms with Crippen LogP contribution < -0.4 is 5.32 Å². The van der Waals surface area contributed by atoms with Gasteiger partial charge in [-0.1, -0.05) is 25.4 Å².